The number of anilines is 2. The largest absolute Gasteiger partial charge is 0.398 e. The Kier molecular flexibility index (Phi) is 3.81. The molecule has 128 valence electrons. The molecule has 0 radical (unpaired) electrons. The zero-order chi connectivity index (χ0) is 18.3. The topological polar surface area (TPSA) is 91.8 Å². The maximum atomic E-state index is 12.0. The molecular formula is C21H18N4O. The number of nitrogens with one attached hydrogen (secondary N) is 1. The lowest BCUT2D eigenvalue weighted by atomic mass is 9.96. The molecule has 1 heterocycles. The maximum Gasteiger partial charge on any atom is 0.228 e. The molecule has 1 aliphatic carbocycles. The lowest BCUT2D eigenvalue weighted by molar-refractivity contribution is -0.117. The number of pyridine rings is 1. The molecule has 26 heavy (non-hydrogen) atoms. The fourth-order valence-electron chi connectivity index (χ4n) is 3.14. The molecule has 5 heteroatoms. The van der Waals surface area contributed by atoms with Crippen molar-refractivity contribution in [3.63, 3.8) is 0 Å². The Labute approximate surface area is 151 Å². The van der Waals surface area contributed by atoms with E-state index in [0.717, 1.165) is 40.3 Å². The molecular weight excluding hydrogens is 324 g/mol. The Hall–Kier alpha value is -3.39. The van der Waals surface area contributed by atoms with Gasteiger partial charge in [-0.3, -0.25) is 4.79 Å². The van der Waals surface area contributed by atoms with Crippen molar-refractivity contribution in [2.24, 2.45) is 5.92 Å². The van der Waals surface area contributed by atoms with Crippen molar-refractivity contribution in [1.82, 2.24) is 4.98 Å². The van der Waals surface area contributed by atoms with Gasteiger partial charge in [-0.05, 0) is 72.2 Å². The molecule has 3 aromatic rings. The van der Waals surface area contributed by atoms with Crippen LogP contribution in [0.5, 0.6) is 0 Å². The summed E-state index contributed by atoms with van der Waals surface area (Å²) in [5.74, 6) is 0.705. The SMILES string of the molecule is Cc1cc(C#N)ccc1-c1cc(N)c2cnc(NC(=O)C3CC3)cc2c1. The Morgan fingerprint density at radius 3 is 2.77 bits per heavy atom. The van der Waals surface area contributed by atoms with Gasteiger partial charge in [0.15, 0.2) is 0 Å². The Bertz CT molecular complexity index is 1080. The van der Waals surface area contributed by atoms with Crippen LogP contribution in [0.15, 0.2) is 42.6 Å². The number of benzene rings is 2. The number of fused-ring (bicyclic) bond motifs is 1. The summed E-state index contributed by atoms with van der Waals surface area (Å²) in [6, 6.07) is 13.6. The van der Waals surface area contributed by atoms with Crippen molar-refractivity contribution >= 4 is 28.2 Å². The van der Waals surface area contributed by atoms with E-state index in [1.807, 2.05) is 37.3 Å². The molecule has 5 nitrogen and oxygen atoms in total. The number of carbonyl (C=O) groups is 1. The number of amides is 1. The highest BCUT2D eigenvalue weighted by Gasteiger charge is 2.29. The smallest absolute Gasteiger partial charge is 0.228 e. The van der Waals surface area contributed by atoms with Gasteiger partial charge in [0.05, 0.1) is 11.6 Å². The summed E-state index contributed by atoms with van der Waals surface area (Å²) in [6.45, 7) is 1.98. The predicted molar refractivity (Wildman–Crippen MR) is 102 cm³/mol. The van der Waals surface area contributed by atoms with Crippen molar-refractivity contribution < 1.29 is 4.79 Å². The first-order valence-electron chi connectivity index (χ1n) is 8.56. The molecule has 1 amide bonds. The third kappa shape index (κ3) is 2.98. The van der Waals surface area contributed by atoms with Crippen molar-refractivity contribution in [2.45, 2.75) is 19.8 Å². The number of carbonyl (C=O) groups excluding carboxylic acids is 1. The number of rotatable bonds is 3. The van der Waals surface area contributed by atoms with Crippen LogP contribution >= 0.6 is 0 Å². The molecule has 1 aliphatic rings. The monoisotopic (exact) mass is 342 g/mol. The number of hydrogen-bond donors (Lipinski definition) is 2. The number of nitrogens with zero attached hydrogens (tertiary/aromatic N) is 2. The molecule has 0 saturated heterocycles. The molecule has 3 N–H and O–H groups in total. The van der Waals surface area contributed by atoms with Crippen LogP contribution in [0.1, 0.15) is 24.0 Å². The average Bonchev–Trinajstić information content (AvgIpc) is 3.46. The van der Waals surface area contributed by atoms with E-state index in [0.29, 0.717) is 17.1 Å². The first-order chi connectivity index (χ1) is 12.5. The molecule has 0 aliphatic heterocycles. The van der Waals surface area contributed by atoms with Crippen LogP contribution in [-0.2, 0) is 4.79 Å². The lowest BCUT2D eigenvalue weighted by Crippen LogP contribution is -2.14. The standard InChI is InChI=1S/C21H18N4O/c1-12-6-13(10-22)2-5-17(12)15-7-16-9-20(25-21(26)14-3-4-14)24-11-18(16)19(23)8-15/h2,5-9,11,14H,3-4,23H2,1H3,(H,24,25,26). The highest BCUT2D eigenvalue weighted by atomic mass is 16.2. The third-order valence-electron chi connectivity index (χ3n) is 4.73. The van der Waals surface area contributed by atoms with Gasteiger partial charge in [-0.25, -0.2) is 4.98 Å². The van der Waals surface area contributed by atoms with E-state index >= 15 is 0 Å². The van der Waals surface area contributed by atoms with E-state index < -0.39 is 0 Å². The van der Waals surface area contributed by atoms with Crippen molar-refractivity contribution in [1.29, 1.82) is 5.26 Å². The highest BCUT2D eigenvalue weighted by molar-refractivity contribution is 6.00. The van der Waals surface area contributed by atoms with Crippen molar-refractivity contribution in [3.8, 4) is 17.2 Å². The van der Waals surface area contributed by atoms with Gasteiger partial charge < -0.3 is 11.1 Å². The third-order valence-corrected chi connectivity index (χ3v) is 4.73. The van der Waals surface area contributed by atoms with Gasteiger partial charge in [0, 0.05) is 23.2 Å². The van der Waals surface area contributed by atoms with Crippen LogP contribution in [0.2, 0.25) is 0 Å². The second-order valence-corrected chi connectivity index (χ2v) is 6.76. The summed E-state index contributed by atoms with van der Waals surface area (Å²) in [5.41, 5.74) is 10.5. The average molecular weight is 342 g/mol. The number of aryl methyl sites for hydroxylation is 1. The van der Waals surface area contributed by atoms with E-state index in [1.54, 1.807) is 12.3 Å². The first kappa shape index (κ1) is 16.1. The minimum absolute atomic E-state index is 0.0314. The van der Waals surface area contributed by atoms with Crippen LogP contribution in [0.25, 0.3) is 21.9 Å². The van der Waals surface area contributed by atoms with Gasteiger partial charge in [0.1, 0.15) is 5.82 Å². The van der Waals surface area contributed by atoms with Crippen LogP contribution in [-0.4, -0.2) is 10.9 Å². The van der Waals surface area contributed by atoms with Gasteiger partial charge in [-0.15, -0.1) is 0 Å². The second-order valence-electron chi connectivity index (χ2n) is 6.76. The zero-order valence-corrected chi connectivity index (χ0v) is 14.4. The van der Waals surface area contributed by atoms with E-state index in [1.165, 1.54) is 0 Å². The number of hydrogen-bond acceptors (Lipinski definition) is 4. The fourth-order valence-corrected chi connectivity index (χ4v) is 3.14. The quantitative estimate of drug-likeness (QED) is 0.703. The van der Waals surface area contributed by atoms with Gasteiger partial charge in [0.25, 0.3) is 0 Å². The lowest BCUT2D eigenvalue weighted by Gasteiger charge is -2.11. The summed E-state index contributed by atoms with van der Waals surface area (Å²) >= 11 is 0. The summed E-state index contributed by atoms with van der Waals surface area (Å²) in [6.07, 6.45) is 3.60. The van der Waals surface area contributed by atoms with E-state index in [-0.39, 0.29) is 11.8 Å². The maximum absolute atomic E-state index is 12.0. The fraction of sp³-hybridized carbons (Fsp3) is 0.190. The van der Waals surface area contributed by atoms with Crippen LogP contribution in [0.3, 0.4) is 0 Å². The molecule has 1 fully saturated rings. The minimum Gasteiger partial charge on any atom is -0.398 e. The molecule has 1 saturated carbocycles. The van der Waals surface area contributed by atoms with Gasteiger partial charge >= 0.3 is 0 Å². The second kappa shape index (κ2) is 6.16. The molecule has 0 spiro atoms. The highest BCUT2D eigenvalue weighted by Crippen LogP contribution is 2.33. The van der Waals surface area contributed by atoms with Gasteiger partial charge in [-0.2, -0.15) is 5.26 Å². The van der Waals surface area contributed by atoms with E-state index in [9.17, 15) is 4.79 Å². The Morgan fingerprint density at radius 1 is 1.27 bits per heavy atom. The molecule has 0 atom stereocenters. The molecule has 0 unspecified atom stereocenters. The Morgan fingerprint density at radius 2 is 2.08 bits per heavy atom. The number of nitrogens with two attached hydrogens (primary N) is 1. The van der Waals surface area contributed by atoms with E-state index in [2.05, 4.69) is 16.4 Å². The first-order valence-corrected chi connectivity index (χ1v) is 8.56. The van der Waals surface area contributed by atoms with Gasteiger partial charge in [0.2, 0.25) is 5.91 Å². The summed E-state index contributed by atoms with van der Waals surface area (Å²) in [7, 11) is 0. The zero-order valence-electron chi connectivity index (χ0n) is 14.4. The van der Waals surface area contributed by atoms with E-state index in [4.69, 9.17) is 11.0 Å². The van der Waals surface area contributed by atoms with Crippen molar-refractivity contribution in [3.05, 3.63) is 53.7 Å². The summed E-state index contributed by atoms with van der Waals surface area (Å²) in [5, 5.41) is 13.7. The van der Waals surface area contributed by atoms with Crippen LogP contribution in [0.4, 0.5) is 11.5 Å². The van der Waals surface area contributed by atoms with Gasteiger partial charge in [-0.1, -0.05) is 6.07 Å². The summed E-state index contributed by atoms with van der Waals surface area (Å²) in [4.78, 5) is 16.3. The molecule has 0 bridgehead atoms. The summed E-state index contributed by atoms with van der Waals surface area (Å²) < 4.78 is 0. The number of nitriles is 1. The normalized spacial score (nSPS) is 13.4. The number of nitrogen functional groups attached to an aromatic ring is 1. The van der Waals surface area contributed by atoms with Crippen molar-refractivity contribution in [2.75, 3.05) is 11.1 Å². The molecule has 1 aromatic heterocycles. The Balaban J connectivity index is 1.76. The predicted octanol–water partition coefficient (Wildman–Crippen LogP) is 4.01. The molecule has 4 rings (SSSR count). The minimum atomic E-state index is 0.0314. The number of aromatic nitrogens is 1. The van der Waals surface area contributed by atoms with Crippen LogP contribution < -0.4 is 11.1 Å². The van der Waals surface area contributed by atoms with Crippen LogP contribution in [0, 0.1) is 24.2 Å². The molecule has 2 aromatic carbocycles.